The Balaban J connectivity index is 2.01. The van der Waals surface area contributed by atoms with Crippen molar-refractivity contribution in [3.05, 3.63) is 12.4 Å². The summed E-state index contributed by atoms with van der Waals surface area (Å²) < 4.78 is 0. The number of hydrogen-bond donors (Lipinski definition) is 0. The van der Waals surface area contributed by atoms with Gasteiger partial charge in [-0.05, 0) is 25.7 Å². The third-order valence-electron chi connectivity index (χ3n) is 7.82. The summed E-state index contributed by atoms with van der Waals surface area (Å²) in [5.74, 6) is 0. The van der Waals surface area contributed by atoms with Gasteiger partial charge in [0.05, 0.1) is 0 Å². The minimum absolute atomic E-state index is 0.643. The molecule has 0 aromatic rings. The molecule has 0 radical (unpaired) electrons. The summed E-state index contributed by atoms with van der Waals surface area (Å²) >= 11 is 0. The van der Waals surface area contributed by atoms with Gasteiger partial charge in [0.15, 0.2) is 0 Å². The monoisotopic (exact) mass is 477 g/mol. The van der Waals surface area contributed by atoms with Gasteiger partial charge in [0.25, 0.3) is 0 Å². The van der Waals surface area contributed by atoms with Crippen LogP contribution in [-0.2, 0) is 0 Å². The molecule has 1 aliphatic heterocycles. The van der Waals surface area contributed by atoms with Crippen molar-refractivity contribution in [3.63, 3.8) is 0 Å². The van der Waals surface area contributed by atoms with E-state index in [-0.39, 0.29) is 0 Å². The van der Waals surface area contributed by atoms with E-state index in [2.05, 4.69) is 43.0 Å². The molecule has 1 heterocycles. The molecule has 34 heavy (non-hydrogen) atoms. The lowest BCUT2D eigenvalue weighted by Gasteiger charge is -2.33. The zero-order valence-electron chi connectivity index (χ0n) is 24.0. The molecule has 1 rings (SSSR count). The van der Waals surface area contributed by atoms with Crippen LogP contribution < -0.4 is 0 Å². The van der Waals surface area contributed by atoms with E-state index in [1.165, 1.54) is 167 Å². The minimum Gasteiger partial charge on any atom is -0.356 e. The first-order valence-corrected chi connectivity index (χ1v) is 16.0. The summed E-state index contributed by atoms with van der Waals surface area (Å²) in [5.41, 5.74) is 0. The highest BCUT2D eigenvalue weighted by atomic mass is 15.4. The topological polar surface area (TPSA) is 6.48 Å². The Kier molecular flexibility index (Phi) is 22.2. The van der Waals surface area contributed by atoms with Gasteiger partial charge in [-0.15, -0.1) is 0 Å². The Morgan fingerprint density at radius 2 is 0.706 bits per heavy atom. The van der Waals surface area contributed by atoms with Gasteiger partial charge in [-0.2, -0.15) is 0 Å². The first kappa shape index (κ1) is 31.4. The van der Waals surface area contributed by atoms with Gasteiger partial charge in [0, 0.05) is 25.5 Å². The smallest absolute Gasteiger partial charge is 0.101 e. The molecule has 0 aromatic heterocycles. The van der Waals surface area contributed by atoms with Crippen LogP contribution in [0.5, 0.6) is 0 Å². The van der Waals surface area contributed by atoms with Crippen LogP contribution in [0, 0.1) is 0 Å². The zero-order chi connectivity index (χ0) is 24.5. The van der Waals surface area contributed by atoms with Gasteiger partial charge in [0.1, 0.15) is 6.17 Å². The molecule has 0 fully saturated rings. The second-order valence-corrected chi connectivity index (χ2v) is 11.1. The summed E-state index contributed by atoms with van der Waals surface area (Å²) in [7, 11) is 0. The molecule has 1 aliphatic rings. The Hall–Kier alpha value is -0.660. The first-order chi connectivity index (χ1) is 16.8. The van der Waals surface area contributed by atoms with E-state index in [1.54, 1.807) is 0 Å². The minimum atomic E-state index is 0.643. The van der Waals surface area contributed by atoms with E-state index in [1.807, 2.05) is 0 Å². The molecule has 0 aliphatic carbocycles. The van der Waals surface area contributed by atoms with Crippen molar-refractivity contribution < 1.29 is 0 Å². The maximum absolute atomic E-state index is 2.66. The Labute approximate surface area is 216 Å². The quantitative estimate of drug-likeness (QED) is 0.114. The van der Waals surface area contributed by atoms with Crippen molar-refractivity contribution in [2.45, 2.75) is 181 Å². The van der Waals surface area contributed by atoms with E-state index in [4.69, 9.17) is 0 Å². The van der Waals surface area contributed by atoms with Gasteiger partial charge >= 0.3 is 0 Å². The lowest BCUT2D eigenvalue weighted by atomic mass is 10.0. The summed E-state index contributed by atoms with van der Waals surface area (Å²) in [6.07, 6.45) is 39.6. The molecule has 0 saturated carbocycles. The van der Waals surface area contributed by atoms with E-state index in [0.717, 1.165) is 0 Å². The number of rotatable bonds is 26. The van der Waals surface area contributed by atoms with Crippen LogP contribution in [0.3, 0.4) is 0 Å². The fraction of sp³-hybridized carbons (Fsp3) is 0.938. The molecule has 1 unspecified atom stereocenters. The second kappa shape index (κ2) is 24.1. The molecular formula is C32H64N2. The maximum Gasteiger partial charge on any atom is 0.101 e. The maximum atomic E-state index is 2.66. The predicted octanol–water partition coefficient (Wildman–Crippen LogP) is 10.8. The van der Waals surface area contributed by atoms with Crippen molar-refractivity contribution in [2.24, 2.45) is 0 Å². The van der Waals surface area contributed by atoms with Gasteiger partial charge in [-0.25, -0.2) is 0 Å². The Morgan fingerprint density at radius 3 is 1.12 bits per heavy atom. The van der Waals surface area contributed by atoms with E-state index in [9.17, 15) is 0 Å². The molecule has 1 atom stereocenters. The Morgan fingerprint density at radius 1 is 0.382 bits per heavy atom. The summed E-state index contributed by atoms with van der Waals surface area (Å²) in [4.78, 5) is 5.30. The number of hydrogen-bond acceptors (Lipinski definition) is 2. The van der Waals surface area contributed by atoms with Crippen LogP contribution in [0.1, 0.15) is 175 Å². The van der Waals surface area contributed by atoms with Gasteiger partial charge < -0.3 is 9.80 Å². The lowest BCUT2D eigenvalue weighted by Crippen LogP contribution is -2.39. The van der Waals surface area contributed by atoms with E-state index >= 15 is 0 Å². The van der Waals surface area contributed by atoms with Crippen molar-refractivity contribution in [3.8, 4) is 0 Å². The molecule has 0 saturated heterocycles. The Bertz CT molecular complexity index is 433. The van der Waals surface area contributed by atoms with Crippen LogP contribution in [-0.4, -0.2) is 29.1 Å². The second-order valence-electron chi connectivity index (χ2n) is 11.1. The lowest BCUT2D eigenvalue weighted by molar-refractivity contribution is 0.136. The van der Waals surface area contributed by atoms with Crippen molar-refractivity contribution in [2.75, 3.05) is 13.1 Å². The summed E-state index contributed by atoms with van der Waals surface area (Å²) in [6, 6.07) is 0. The zero-order valence-corrected chi connectivity index (χ0v) is 24.0. The summed E-state index contributed by atoms with van der Waals surface area (Å²) in [5, 5.41) is 0. The molecule has 202 valence electrons. The average molecular weight is 477 g/mol. The SMILES string of the molecule is CCCCCCCCCCCCCCCCCCC1N(CCCC)C=CN1CCCCCCC. The molecular weight excluding hydrogens is 412 g/mol. The van der Waals surface area contributed by atoms with Gasteiger partial charge in [0.2, 0.25) is 0 Å². The third kappa shape index (κ3) is 16.9. The van der Waals surface area contributed by atoms with E-state index < -0.39 is 0 Å². The van der Waals surface area contributed by atoms with Crippen LogP contribution >= 0.6 is 0 Å². The molecule has 0 aromatic carbocycles. The standard InChI is InChI=1S/C32H64N2/c1-4-7-10-12-13-14-15-16-17-18-19-20-21-22-23-25-27-32-33(28-9-6-3)30-31-34(32)29-26-24-11-8-5-2/h30-32H,4-29H2,1-3H3. The highest BCUT2D eigenvalue weighted by Gasteiger charge is 2.24. The number of unbranched alkanes of at least 4 members (excludes halogenated alkanes) is 20. The molecule has 0 N–H and O–H groups in total. The molecule has 0 bridgehead atoms. The highest BCUT2D eigenvalue weighted by Crippen LogP contribution is 2.23. The average Bonchev–Trinajstić information content (AvgIpc) is 3.23. The normalized spacial score (nSPS) is 15.7. The first-order valence-electron chi connectivity index (χ1n) is 16.0. The highest BCUT2D eigenvalue weighted by molar-refractivity contribution is 4.96. The van der Waals surface area contributed by atoms with E-state index in [0.29, 0.717) is 6.17 Å². The molecule has 2 nitrogen and oxygen atoms in total. The predicted molar refractivity (Wildman–Crippen MR) is 154 cm³/mol. The van der Waals surface area contributed by atoms with Crippen molar-refractivity contribution >= 4 is 0 Å². The molecule has 2 heteroatoms. The largest absolute Gasteiger partial charge is 0.356 e. The van der Waals surface area contributed by atoms with Crippen LogP contribution in [0.15, 0.2) is 12.4 Å². The van der Waals surface area contributed by atoms with Crippen molar-refractivity contribution in [1.82, 2.24) is 9.80 Å². The van der Waals surface area contributed by atoms with Gasteiger partial charge in [-0.3, -0.25) is 0 Å². The van der Waals surface area contributed by atoms with Crippen molar-refractivity contribution in [1.29, 1.82) is 0 Å². The fourth-order valence-electron chi connectivity index (χ4n) is 5.45. The van der Waals surface area contributed by atoms with Crippen LogP contribution in [0.2, 0.25) is 0 Å². The third-order valence-corrected chi connectivity index (χ3v) is 7.82. The van der Waals surface area contributed by atoms with Gasteiger partial charge in [-0.1, -0.05) is 149 Å². The molecule has 0 amide bonds. The molecule has 0 spiro atoms. The fourth-order valence-corrected chi connectivity index (χ4v) is 5.45. The van der Waals surface area contributed by atoms with Crippen LogP contribution in [0.4, 0.5) is 0 Å². The number of nitrogens with zero attached hydrogens (tertiary/aromatic N) is 2. The van der Waals surface area contributed by atoms with Crippen LogP contribution in [0.25, 0.3) is 0 Å². The summed E-state index contributed by atoms with van der Waals surface area (Å²) in [6.45, 7) is 9.42.